The Morgan fingerprint density at radius 2 is 1.54 bits per heavy atom. The number of amides is 2. The molecule has 0 atom stereocenters. The monoisotopic (exact) mass is 381 g/mol. The second kappa shape index (κ2) is 9.90. The van der Waals surface area contributed by atoms with Crippen molar-refractivity contribution >= 4 is 17.7 Å². The van der Waals surface area contributed by atoms with E-state index in [0.29, 0.717) is 45.9 Å². The molecule has 1 heterocycles. The number of hydrogen-bond donors (Lipinski definition) is 0. The number of carbonyl (C=O) groups excluding carboxylic acids is 2. The maximum absolute atomic E-state index is 13.1. The Labute approximate surface area is 166 Å². The van der Waals surface area contributed by atoms with Gasteiger partial charge < -0.3 is 14.5 Å². The van der Waals surface area contributed by atoms with E-state index in [1.165, 1.54) is 0 Å². The van der Waals surface area contributed by atoms with Crippen LogP contribution < -0.4 is 4.90 Å². The SMILES string of the molecule is CCOC(=O)N1CCN(CC(=O)N(Cc2ccccc2)c2ccccc2)CC1. The van der Waals surface area contributed by atoms with Gasteiger partial charge in [0.2, 0.25) is 5.91 Å². The lowest BCUT2D eigenvalue weighted by molar-refractivity contribution is -0.120. The largest absolute Gasteiger partial charge is 0.450 e. The van der Waals surface area contributed by atoms with Gasteiger partial charge in [-0.15, -0.1) is 0 Å². The highest BCUT2D eigenvalue weighted by Crippen LogP contribution is 2.18. The van der Waals surface area contributed by atoms with Gasteiger partial charge in [-0.05, 0) is 24.6 Å². The molecule has 6 nitrogen and oxygen atoms in total. The minimum Gasteiger partial charge on any atom is -0.450 e. The fourth-order valence-electron chi connectivity index (χ4n) is 3.28. The number of benzene rings is 2. The molecule has 2 aromatic carbocycles. The third-order valence-corrected chi connectivity index (χ3v) is 4.81. The lowest BCUT2D eigenvalue weighted by atomic mass is 10.2. The molecule has 0 spiro atoms. The molecule has 1 aliphatic heterocycles. The van der Waals surface area contributed by atoms with Crippen LogP contribution in [0.2, 0.25) is 0 Å². The number of carbonyl (C=O) groups is 2. The van der Waals surface area contributed by atoms with E-state index in [4.69, 9.17) is 4.74 Å². The molecule has 0 radical (unpaired) electrons. The van der Waals surface area contributed by atoms with Gasteiger partial charge in [-0.1, -0.05) is 48.5 Å². The lowest BCUT2D eigenvalue weighted by Gasteiger charge is -2.34. The van der Waals surface area contributed by atoms with Gasteiger partial charge in [0.15, 0.2) is 0 Å². The number of ether oxygens (including phenoxy) is 1. The number of nitrogens with zero attached hydrogens (tertiary/aromatic N) is 3. The predicted octanol–water partition coefficient (Wildman–Crippen LogP) is 2.99. The van der Waals surface area contributed by atoms with E-state index in [9.17, 15) is 9.59 Å². The summed E-state index contributed by atoms with van der Waals surface area (Å²) in [7, 11) is 0. The summed E-state index contributed by atoms with van der Waals surface area (Å²) in [6, 6.07) is 19.7. The Bertz CT molecular complexity index is 759. The summed E-state index contributed by atoms with van der Waals surface area (Å²) in [5.41, 5.74) is 1.98. The lowest BCUT2D eigenvalue weighted by Crippen LogP contribution is -2.51. The maximum atomic E-state index is 13.1. The minimum atomic E-state index is -0.275. The normalized spacial score (nSPS) is 14.5. The molecule has 28 heavy (non-hydrogen) atoms. The quantitative estimate of drug-likeness (QED) is 0.772. The standard InChI is InChI=1S/C22H27N3O3/c1-2-28-22(27)24-15-13-23(14-16-24)18-21(26)25(20-11-7-4-8-12-20)17-19-9-5-3-6-10-19/h3-12H,2,13-18H2,1H3. The molecule has 3 rings (SSSR count). The Hall–Kier alpha value is -2.86. The van der Waals surface area contributed by atoms with Gasteiger partial charge in [0.25, 0.3) is 0 Å². The molecule has 1 fully saturated rings. The molecule has 2 aromatic rings. The molecule has 0 aliphatic carbocycles. The zero-order chi connectivity index (χ0) is 19.8. The van der Waals surface area contributed by atoms with Gasteiger partial charge in [0, 0.05) is 31.9 Å². The number of para-hydroxylation sites is 1. The maximum Gasteiger partial charge on any atom is 0.409 e. The minimum absolute atomic E-state index is 0.0552. The van der Waals surface area contributed by atoms with Crippen molar-refractivity contribution in [1.82, 2.24) is 9.80 Å². The van der Waals surface area contributed by atoms with Crippen LogP contribution in [-0.4, -0.2) is 61.1 Å². The molecule has 0 aromatic heterocycles. The van der Waals surface area contributed by atoms with Crippen molar-refractivity contribution in [1.29, 1.82) is 0 Å². The van der Waals surface area contributed by atoms with Crippen molar-refractivity contribution in [2.24, 2.45) is 0 Å². The summed E-state index contributed by atoms with van der Waals surface area (Å²) < 4.78 is 5.05. The van der Waals surface area contributed by atoms with Crippen LogP contribution in [0, 0.1) is 0 Å². The average Bonchev–Trinajstić information content (AvgIpc) is 2.74. The van der Waals surface area contributed by atoms with Gasteiger partial charge >= 0.3 is 6.09 Å². The smallest absolute Gasteiger partial charge is 0.409 e. The molecule has 0 bridgehead atoms. The molecule has 0 saturated carbocycles. The summed E-state index contributed by atoms with van der Waals surface area (Å²) >= 11 is 0. The first-order valence-corrected chi connectivity index (χ1v) is 9.70. The molecular formula is C22H27N3O3. The third-order valence-electron chi connectivity index (χ3n) is 4.81. The molecule has 148 valence electrons. The average molecular weight is 381 g/mol. The highest BCUT2D eigenvalue weighted by atomic mass is 16.6. The molecule has 6 heteroatoms. The summed E-state index contributed by atoms with van der Waals surface area (Å²) in [5.74, 6) is 0.0552. The second-order valence-corrected chi connectivity index (χ2v) is 6.76. The molecule has 1 saturated heterocycles. The van der Waals surface area contributed by atoms with E-state index >= 15 is 0 Å². The number of piperazine rings is 1. The van der Waals surface area contributed by atoms with Crippen molar-refractivity contribution in [3.05, 3.63) is 66.2 Å². The Morgan fingerprint density at radius 1 is 0.929 bits per heavy atom. The van der Waals surface area contributed by atoms with Crippen LogP contribution in [0.5, 0.6) is 0 Å². The predicted molar refractivity (Wildman–Crippen MR) is 109 cm³/mol. The van der Waals surface area contributed by atoms with Gasteiger partial charge in [0.1, 0.15) is 0 Å². The molecule has 1 aliphatic rings. The molecular weight excluding hydrogens is 354 g/mol. The van der Waals surface area contributed by atoms with Crippen molar-refractivity contribution in [3.8, 4) is 0 Å². The van der Waals surface area contributed by atoms with Crippen LogP contribution in [0.3, 0.4) is 0 Å². The highest BCUT2D eigenvalue weighted by Gasteiger charge is 2.25. The molecule has 0 N–H and O–H groups in total. The van der Waals surface area contributed by atoms with Gasteiger partial charge in [-0.3, -0.25) is 9.69 Å². The van der Waals surface area contributed by atoms with E-state index in [1.807, 2.05) is 65.6 Å². The van der Waals surface area contributed by atoms with Crippen LogP contribution in [0.15, 0.2) is 60.7 Å². The van der Waals surface area contributed by atoms with E-state index in [1.54, 1.807) is 11.8 Å². The van der Waals surface area contributed by atoms with Crippen molar-refractivity contribution in [2.75, 3.05) is 44.2 Å². The van der Waals surface area contributed by atoms with Crippen molar-refractivity contribution in [2.45, 2.75) is 13.5 Å². The molecule has 2 amide bonds. The van der Waals surface area contributed by atoms with Crippen LogP contribution in [0.1, 0.15) is 12.5 Å². The Morgan fingerprint density at radius 3 is 2.14 bits per heavy atom. The van der Waals surface area contributed by atoms with Crippen LogP contribution >= 0.6 is 0 Å². The summed E-state index contributed by atoms with van der Waals surface area (Å²) in [5, 5.41) is 0. The first kappa shape index (κ1) is 19.9. The van der Waals surface area contributed by atoms with E-state index in [2.05, 4.69) is 4.90 Å². The van der Waals surface area contributed by atoms with Crippen molar-refractivity contribution < 1.29 is 14.3 Å². The topological polar surface area (TPSA) is 53.1 Å². The number of rotatable bonds is 6. The van der Waals surface area contributed by atoms with Gasteiger partial charge in [-0.2, -0.15) is 0 Å². The first-order chi connectivity index (χ1) is 13.7. The second-order valence-electron chi connectivity index (χ2n) is 6.76. The van der Waals surface area contributed by atoms with Gasteiger partial charge in [-0.25, -0.2) is 4.79 Å². The highest BCUT2D eigenvalue weighted by molar-refractivity contribution is 5.94. The number of anilines is 1. The summed E-state index contributed by atoms with van der Waals surface area (Å²) in [6.07, 6.45) is -0.275. The van der Waals surface area contributed by atoms with E-state index in [-0.39, 0.29) is 12.0 Å². The summed E-state index contributed by atoms with van der Waals surface area (Å²) in [6.45, 7) is 5.54. The molecule has 0 unspecified atom stereocenters. The fourth-order valence-corrected chi connectivity index (χ4v) is 3.28. The van der Waals surface area contributed by atoms with Crippen LogP contribution in [0.4, 0.5) is 10.5 Å². The Balaban J connectivity index is 1.63. The fraction of sp³-hybridized carbons (Fsp3) is 0.364. The zero-order valence-electron chi connectivity index (χ0n) is 16.3. The van der Waals surface area contributed by atoms with Crippen molar-refractivity contribution in [3.63, 3.8) is 0 Å². The third kappa shape index (κ3) is 5.33. The van der Waals surface area contributed by atoms with Gasteiger partial charge in [0.05, 0.1) is 19.7 Å². The zero-order valence-corrected chi connectivity index (χ0v) is 16.3. The summed E-state index contributed by atoms with van der Waals surface area (Å²) in [4.78, 5) is 30.6. The van der Waals surface area contributed by atoms with E-state index in [0.717, 1.165) is 11.3 Å². The Kier molecular flexibility index (Phi) is 7.03. The first-order valence-electron chi connectivity index (χ1n) is 9.70. The van der Waals surface area contributed by atoms with Crippen LogP contribution in [0.25, 0.3) is 0 Å². The number of hydrogen-bond acceptors (Lipinski definition) is 4. The van der Waals surface area contributed by atoms with Crippen LogP contribution in [-0.2, 0) is 16.1 Å². The van der Waals surface area contributed by atoms with E-state index < -0.39 is 0 Å².